The second-order valence-corrected chi connectivity index (χ2v) is 9.38. The Kier molecular flexibility index (Phi) is 7.38. The topological polar surface area (TPSA) is 63.7 Å². The molecule has 1 heterocycles. The van der Waals surface area contributed by atoms with Gasteiger partial charge in [-0.15, -0.1) is 0 Å². The first-order valence-corrected chi connectivity index (χ1v) is 10.9. The Hall–Kier alpha value is -1.24. The summed E-state index contributed by atoms with van der Waals surface area (Å²) >= 11 is 0. The Bertz CT molecular complexity index is 686. The molecule has 4 atom stereocenters. The second-order valence-electron chi connectivity index (χ2n) is 7.38. The van der Waals surface area contributed by atoms with Crippen molar-refractivity contribution in [3.8, 4) is 0 Å². The molecule has 146 valence electrons. The molecule has 6 heteroatoms. The number of carbonyl (C=O) groups is 1. The molecule has 2 rings (SSSR count). The lowest BCUT2D eigenvalue weighted by atomic mass is 10.0. The molecule has 1 aromatic rings. The molecule has 5 nitrogen and oxygen atoms in total. The van der Waals surface area contributed by atoms with Crippen LogP contribution in [0.5, 0.6) is 0 Å². The van der Waals surface area contributed by atoms with Crippen molar-refractivity contribution in [1.82, 2.24) is 4.31 Å². The minimum absolute atomic E-state index is 0.00891. The van der Waals surface area contributed by atoms with Gasteiger partial charge < -0.3 is 9.53 Å². The molecule has 26 heavy (non-hydrogen) atoms. The van der Waals surface area contributed by atoms with Crippen molar-refractivity contribution in [3.63, 3.8) is 0 Å². The first-order chi connectivity index (χ1) is 12.3. The molecule has 1 fully saturated rings. The molecule has 0 radical (unpaired) electrons. The lowest BCUT2D eigenvalue weighted by Crippen LogP contribution is -2.39. The van der Waals surface area contributed by atoms with Gasteiger partial charge >= 0.3 is 0 Å². The third kappa shape index (κ3) is 4.93. The van der Waals surface area contributed by atoms with Crippen molar-refractivity contribution >= 4 is 16.3 Å². The van der Waals surface area contributed by atoms with Crippen LogP contribution in [-0.2, 0) is 19.6 Å². The normalized spacial score (nSPS) is 23.1. The first-order valence-electron chi connectivity index (χ1n) is 9.45. The maximum atomic E-state index is 13.0. The van der Waals surface area contributed by atoms with Gasteiger partial charge in [0.1, 0.15) is 6.29 Å². The molecular weight excluding hydrogens is 350 g/mol. The van der Waals surface area contributed by atoms with E-state index in [-0.39, 0.29) is 24.2 Å². The van der Waals surface area contributed by atoms with Crippen LogP contribution in [0, 0.1) is 12.8 Å². The molecule has 1 saturated heterocycles. The van der Waals surface area contributed by atoms with Gasteiger partial charge in [0.25, 0.3) is 0 Å². The third-order valence-electron chi connectivity index (χ3n) is 5.31. The van der Waals surface area contributed by atoms with Gasteiger partial charge in [-0.2, -0.15) is 4.31 Å². The fourth-order valence-corrected chi connectivity index (χ4v) is 4.94. The maximum absolute atomic E-state index is 13.0. The number of benzene rings is 1. The standard InChI is InChI=1S/C20H31NO4S/c1-5-6-17(13-18-9-12-20(25-18)16(3)14-22)21(4)26(23,24)19-10-7-15(2)8-11-19/h7-8,10-11,14,16-18,20H,5-6,9,12-13H2,1-4H3/t16-,17+,18-,20+/m0/s1. The Balaban J connectivity index is 2.10. The highest BCUT2D eigenvalue weighted by Crippen LogP contribution is 2.30. The fraction of sp³-hybridized carbons (Fsp3) is 0.650. The number of aldehydes is 1. The predicted molar refractivity (Wildman–Crippen MR) is 103 cm³/mol. The van der Waals surface area contributed by atoms with Crippen LogP contribution in [0.3, 0.4) is 0 Å². The number of hydrogen-bond acceptors (Lipinski definition) is 4. The number of sulfonamides is 1. The lowest BCUT2D eigenvalue weighted by Gasteiger charge is -2.29. The van der Waals surface area contributed by atoms with Gasteiger partial charge in [0.15, 0.2) is 0 Å². The zero-order valence-corrected chi connectivity index (χ0v) is 17.0. The van der Waals surface area contributed by atoms with Crippen LogP contribution in [0.25, 0.3) is 0 Å². The van der Waals surface area contributed by atoms with E-state index in [1.807, 2.05) is 26.0 Å². The van der Waals surface area contributed by atoms with Crippen LogP contribution in [-0.4, -0.2) is 44.3 Å². The smallest absolute Gasteiger partial charge is 0.243 e. The van der Waals surface area contributed by atoms with Crippen LogP contribution < -0.4 is 0 Å². The molecule has 1 aliphatic rings. The molecule has 0 bridgehead atoms. The summed E-state index contributed by atoms with van der Waals surface area (Å²) in [5, 5.41) is 0. The van der Waals surface area contributed by atoms with Crippen LogP contribution in [0.15, 0.2) is 29.2 Å². The number of aryl methyl sites for hydroxylation is 1. The summed E-state index contributed by atoms with van der Waals surface area (Å²) in [4.78, 5) is 11.3. The summed E-state index contributed by atoms with van der Waals surface area (Å²) in [5.74, 6) is -0.112. The fourth-order valence-electron chi connectivity index (χ4n) is 3.54. The van der Waals surface area contributed by atoms with E-state index in [0.29, 0.717) is 11.3 Å². The molecule has 0 aliphatic carbocycles. The van der Waals surface area contributed by atoms with Gasteiger partial charge in [-0.1, -0.05) is 38.0 Å². The zero-order chi connectivity index (χ0) is 19.3. The third-order valence-corrected chi connectivity index (χ3v) is 7.23. The van der Waals surface area contributed by atoms with Gasteiger partial charge in [0, 0.05) is 19.0 Å². The summed E-state index contributed by atoms with van der Waals surface area (Å²) in [5.41, 5.74) is 1.03. The highest BCUT2D eigenvalue weighted by Gasteiger charge is 2.34. The molecule has 1 aliphatic heterocycles. The van der Waals surface area contributed by atoms with E-state index in [0.717, 1.165) is 37.5 Å². The van der Waals surface area contributed by atoms with Crippen LogP contribution >= 0.6 is 0 Å². The maximum Gasteiger partial charge on any atom is 0.243 e. The minimum atomic E-state index is -3.53. The van der Waals surface area contributed by atoms with E-state index in [1.54, 1.807) is 19.2 Å². The van der Waals surface area contributed by atoms with Crippen molar-refractivity contribution in [2.75, 3.05) is 7.05 Å². The van der Waals surface area contributed by atoms with Crippen molar-refractivity contribution in [2.24, 2.45) is 5.92 Å². The summed E-state index contributed by atoms with van der Waals surface area (Å²) < 4.78 is 33.5. The van der Waals surface area contributed by atoms with Crippen LogP contribution in [0.1, 0.15) is 51.5 Å². The number of ether oxygens (including phenoxy) is 1. The van der Waals surface area contributed by atoms with E-state index in [4.69, 9.17) is 4.74 Å². The summed E-state index contributed by atoms with van der Waals surface area (Å²) in [6.45, 7) is 5.87. The van der Waals surface area contributed by atoms with Crippen LogP contribution in [0.2, 0.25) is 0 Å². The molecule has 0 aromatic heterocycles. The van der Waals surface area contributed by atoms with Crippen molar-refractivity contribution in [1.29, 1.82) is 0 Å². The summed E-state index contributed by atoms with van der Waals surface area (Å²) in [6.07, 6.45) is 4.99. The Morgan fingerprint density at radius 3 is 2.50 bits per heavy atom. The second kappa shape index (κ2) is 9.11. The molecule has 0 saturated carbocycles. The Labute approximate surface area is 157 Å². The highest BCUT2D eigenvalue weighted by atomic mass is 32.2. The summed E-state index contributed by atoms with van der Waals surface area (Å²) in [6, 6.07) is 6.86. The monoisotopic (exact) mass is 381 g/mol. The number of hydrogen-bond donors (Lipinski definition) is 0. The van der Waals surface area contributed by atoms with Gasteiger partial charge in [0.2, 0.25) is 10.0 Å². The SMILES string of the molecule is CCC[C@H](C[C@@H]1CC[C@H]([C@@H](C)C=O)O1)N(C)S(=O)(=O)c1ccc(C)cc1. The zero-order valence-electron chi connectivity index (χ0n) is 16.2. The minimum Gasteiger partial charge on any atom is -0.374 e. The largest absolute Gasteiger partial charge is 0.374 e. The lowest BCUT2D eigenvalue weighted by molar-refractivity contribution is -0.115. The van der Waals surface area contributed by atoms with Crippen LogP contribution in [0.4, 0.5) is 0 Å². The van der Waals surface area contributed by atoms with E-state index in [9.17, 15) is 13.2 Å². The number of nitrogens with zero attached hydrogens (tertiary/aromatic N) is 1. The van der Waals surface area contributed by atoms with E-state index in [1.165, 1.54) is 4.31 Å². The molecule has 0 spiro atoms. The number of rotatable bonds is 9. The van der Waals surface area contributed by atoms with Gasteiger partial charge in [-0.3, -0.25) is 0 Å². The van der Waals surface area contributed by atoms with Gasteiger partial charge in [-0.05, 0) is 44.7 Å². The van der Waals surface area contributed by atoms with Crippen molar-refractivity contribution in [3.05, 3.63) is 29.8 Å². The van der Waals surface area contributed by atoms with Crippen molar-refractivity contribution < 1.29 is 17.9 Å². The molecular formula is C20H31NO4S. The van der Waals surface area contributed by atoms with E-state index >= 15 is 0 Å². The molecule has 0 unspecified atom stereocenters. The molecule has 1 aromatic carbocycles. The van der Waals surface area contributed by atoms with Gasteiger partial charge in [-0.25, -0.2) is 8.42 Å². The number of carbonyl (C=O) groups excluding carboxylic acids is 1. The van der Waals surface area contributed by atoms with Crippen molar-refractivity contribution in [2.45, 2.75) is 76.0 Å². The molecule has 0 amide bonds. The highest BCUT2D eigenvalue weighted by molar-refractivity contribution is 7.89. The Morgan fingerprint density at radius 2 is 1.92 bits per heavy atom. The average Bonchev–Trinajstić information content (AvgIpc) is 3.09. The Morgan fingerprint density at radius 1 is 1.27 bits per heavy atom. The molecule has 0 N–H and O–H groups in total. The predicted octanol–water partition coefficient (Wildman–Crippen LogP) is 3.56. The first kappa shape index (κ1) is 21.1. The van der Waals surface area contributed by atoms with E-state index in [2.05, 4.69) is 6.92 Å². The van der Waals surface area contributed by atoms with Gasteiger partial charge in [0.05, 0.1) is 17.1 Å². The quantitative estimate of drug-likeness (QED) is 0.614. The summed E-state index contributed by atoms with van der Waals surface area (Å²) in [7, 11) is -1.87. The van der Waals surface area contributed by atoms with E-state index < -0.39 is 10.0 Å². The average molecular weight is 382 g/mol.